The number of amides is 2. The van der Waals surface area contributed by atoms with E-state index in [0.717, 1.165) is 15.7 Å². The SMILES string of the molecule is Cc1cccc(CNC(=O)[C@@H]2CC(=O)N(c3ccc(Br)cc3)C2)c1. The minimum atomic E-state index is -0.300. The van der Waals surface area contributed by atoms with Crippen LogP contribution in [0.25, 0.3) is 0 Å². The quantitative estimate of drug-likeness (QED) is 0.874. The van der Waals surface area contributed by atoms with Crippen LogP contribution in [0.15, 0.2) is 53.0 Å². The lowest BCUT2D eigenvalue weighted by molar-refractivity contribution is -0.126. The minimum Gasteiger partial charge on any atom is -0.352 e. The predicted octanol–water partition coefficient (Wildman–Crippen LogP) is 3.43. The zero-order valence-corrected chi connectivity index (χ0v) is 15.0. The average molecular weight is 387 g/mol. The van der Waals surface area contributed by atoms with Gasteiger partial charge in [0.25, 0.3) is 0 Å². The summed E-state index contributed by atoms with van der Waals surface area (Å²) in [5.74, 6) is -0.372. The summed E-state index contributed by atoms with van der Waals surface area (Å²) in [4.78, 5) is 26.3. The van der Waals surface area contributed by atoms with Gasteiger partial charge < -0.3 is 10.2 Å². The molecule has 2 aromatic carbocycles. The van der Waals surface area contributed by atoms with Crippen LogP contribution < -0.4 is 10.2 Å². The van der Waals surface area contributed by atoms with Gasteiger partial charge in [-0.15, -0.1) is 0 Å². The Hall–Kier alpha value is -2.14. The third-order valence-corrected chi connectivity index (χ3v) is 4.71. The van der Waals surface area contributed by atoms with Gasteiger partial charge in [0.15, 0.2) is 0 Å². The maximum Gasteiger partial charge on any atom is 0.227 e. The van der Waals surface area contributed by atoms with E-state index < -0.39 is 0 Å². The van der Waals surface area contributed by atoms with Crippen LogP contribution in [0, 0.1) is 12.8 Å². The number of aryl methyl sites for hydroxylation is 1. The maximum atomic E-state index is 12.4. The molecule has 0 aromatic heterocycles. The number of benzene rings is 2. The van der Waals surface area contributed by atoms with Gasteiger partial charge in [0.2, 0.25) is 11.8 Å². The molecule has 1 fully saturated rings. The van der Waals surface area contributed by atoms with Crippen LogP contribution in [0.4, 0.5) is 5.69 Å². The Bertz CT molecular complexity index is 758. The highest BCUT2D eigenvalue weighted by Crippen LogP contribution is 2.26. The average Bonchev–Trinajstić information content (AvgIpc) is 2.95. The molecule has 0 saturated carbocycles. The number of hydrogen-bond acceptors (Lipinski definition) is 2. The van der Waals surface area contributed by atoms with Crippen LogP contribution in [0.2, 0.25) is 0 Å². The Balaban J connectivity index is 1.60. The Morgan fingerprint density at radius 1 is 1.25 bits per heavy atom. The molecule has 24 heavy (non-hydrogen) atoms. The van der Waals surface area contributed by atoms with Gasteiger partial charge in [-0.1, -0.05) is 45.8 Å². The molecule has 1 N–H and O–H groups in total. The van der Waals surface area contributed by atoms with E-state index in [1.165, 1.54) is 5.56 Å². The molecule has 1 atom stereocenters. The zero-order chi connectivity index (χ0) is 17.1. The van der Waals surface area contributed by atoms with Crippen LogP contribution >= 0.6 is 15.9 Å². The lowest BCUT2D eigenvalue weighted by atomic mass is 10.1. The van der Waals surface area contributed by atoms with Crippen LogP contribution in [0.5, 0.6) is 0 Å². The molecule has 124 valence electrons. The molecule has 0 unspecified atom stereocenters. The number of rotatable bonds is 4. The van der Waals surface area contributed by atoms with Gasteiger partial charge in [-0.05, 0) is 36.8 Å². The summed E-state index contributed by atoms with van der Waals surface area (Å²) in [6.07, 6.45) is 0.260. The van der Waals surface area contributed by atoms with Crippen molar-refractivity contribution in [1.29, 1.82) is 0 Å². The summed E-state index contributed by atoms with van der Waals surface area (Å²) in [5.41, 5.74) is 3.06. The van der Waals surface area contributed by atoms with E-state index in [4.69, 9.17) is 0 Å². The Kier molecular flexibility index (Phi) is 5.00. The standard InChI is InChI=1S/C19H19BrN2O2/c1-13-3-2-4-14(9-13)11-21-19(24)15-10-18(23)22(12-15)17-7-5-16(20)6-8-17/h2-9,15H,10-12H2,1H3,(H,21,24)/t15-/m1/s1. The first-order valence-electron chi connectivity index (χ1n) is 7.92. The van der Waals surface area contributed by atoms with Crippen LogP contribution in [-0.2, 0) is 16.1 Å². The van der Waals surface area contributed by atoms with Gasteiger partial charge in [0, 0.05) is 29.7 Å². The molecule has 2 amide bonds. The second kappa shape index (κ2) is 7.18. The fourth-order valence-electron chi connectivity index (χ4n) is 2.91. The summed E-state index contributed by atoms with van der Waals surface area (Å²) in [6, 6.07) is 15.6. The molecule has 4 nitrogen and oxygen atoms in total. The molecule has 0 bridgehead atoms. The highest BCUT2D eigenvalue weighted by Gasteiger charge is 2.34. The lowest BCUT2D eigenvalue weighted by Crippen LogP contribution is -2.32. The molecule has 2 aromatic rings. The molecule has 1 saturated heterocycles. The fraction of sp³-hybridized carbons (Fsp3) is 0.263. The third kappa shape index (κ3) is 3.85. The molecule has 1 aliphatic rings. The molecular weight excluding hydrogens is 368 g/mol. The van der Waals surface area contributed by atoms with Crippen molar-refractivity contribution in [3.05, 3.63) is 64.1 Å². The van der Waals surface area contributed by atoms with Crippen LogP contribution in [0.1, 0.15) is 17.5 Å². The number of hydrogen-bond donors (Lipinski definition) is 1. The monoisotopic (exact) mass is 386 g/mol. The van der Waals surface area contributed by atoms with E-state index in [1.54, 1.807) is 4.90 Å². The van der Waals surface area contributed by atoms with E-state index in [-0.39, 0.29) is 24.2 Å². The largest absolute Gasteiger partial charge is 0.352 e. The van der Waals surface area contributed by atoms with Crippen molar-refractivity contribution >= 4 is 33.4 Å². The summed E-state index contributed by atoms with van der Waals surface area (Å²) in [7, 11) is 0. The van der Waals surface area contributed by atoms with Gasteiger partial charge in [-0.25, -0.2) is 0 Å². The number of nitrogens with zero attached hydrogens (tertiary/aromatic N) is 1. The normalized spacial score (nSPS) is 17.2. The summed E-state index contributed by atoms with van der Waals surface area (Å²) < 4.78 is 0.963. The van der Waals surface area contributed by atoms with Gasteiger partial charge in [-0.3, -0.25) is 9.59 Å². The first kappa shape index (κ1) is 16.7. The van der Waals surface area contributed by atoms with E-state index >= 15 is 0 Å². The molecule has 0 radical (unpaired) electrons. The number of carbonyl (C=O) groups excluding carboxylic acids is 2. The van der Waals surface area contributed by atoms with Crippen molar-refractivity contribution in [2.45, 2.75) is 19.9 Å². The molecule has 0 spiro atoms. The maximum absolute atomic E-state index is 12.4. The molecule has 0 aliphatic carbocycles. The van der Waals surface area contributed by atoms with Crippen molar-refractivity contribution in [3.8, 4) is 0 Å². The van der Waals surface area contributed by atoms with Crippen molar-refractivity contribution in [1.82, 2.24) is 5.32 Å². The predicted molar refractivity (Wildman–Crippen MR) is 97.6 cm³/mol. The summed E-state index contributed by atoms with van der Waals surface area (Å²) in [5, 5.41) is 2.94. The van der Waals surface area contributed by atoms with Crippen LogP contribution in [-0.4, -0.2) is 18.4 Å². The Labute approximate surface area is 150 Å². The molecule has 1 aliphatic heterocycles. The van der Waals surface area contributed by atoms with Crippen molar-refractivity contribution < 1.29 is 9.59 Å². The molecular formula is C19H19BrN2O2. The van der Waals surface area contributed by atoms with E-state index in [2.05, 4.69) is 21.2 Å². The second-order valence-corrected chi connectivity index (χ2v) is 7.00. The summed E-state index contributed by atoms with van der Waals surface area (Å²) in [6.45, 7) is 2.95. The Morgan fingerprint density at radius 2 is 2.00 bits per heavy atom. The first-order valence-corrected chi connectivity index (χ1v) is 8.71. The van der Waals surface area contributed by atoms with E-state index in [9.17, 15) is 9.59 Å². The highest BCUT2D eigenvalue weighted by molar-refractivity contribution is 9.10. The smallest absolute Gasteiger partial charge is 0.227 e. The minimum absolute atomic E-state index is 0.00646. The zero-order valence-electron chi connectivity index (χ0n) is 13.5. The molecule has 1 heterocycles. The van der Waals surface area contributed by atoms with E-state index in [0.29, 0.717) is 13.1 Å². The topological polar surface area (TPSA) is 49.4 Å². The van der Waals surface area contributed by atoms with Gasteiger partial charge in [0.1, 0.15) is 0 Å². The van der Waals surface area contributed by atoms with Gasteiger partial charge in [-0.2, -0.15) is 0 Å². The first-order chi connectivity index (χ1) is 11.5. The van der Waals surface area contributed by atoms with E-state index in [1.807, 2.05) is 55.5 Å². The summed E-state index contributed by atoms with van der Waals surface area (Å²) >= 11 is 3.38. The Morgan fingerprint density at radius 3 is 2.71 bits per heavy atom. The van der Waals surface area contributed by atoms with Gasteiger partial charge in [0.05, 0.1) is 5.92 Å². The number of halogens is 1. The number of carbonyl (C=O) groups is 2. The number of anilines is 1. The van der Waals surface area contributed by atoms with Crippen LogP contribution in [0.3, 0.4) is 0 Å². The second-order valence-electron chi connectivity index (χ2n) is 6.09. The fourth-order valence-corrected chi connectivity index (χ4v) is 3.17. The molecule has 5 heteroatoms. The number of nitrogens with one attached hydrogen (secondary N) is 1. The lowest BCUT2D eigenvalue weighted by Gasteiger charge is -2.17. The highest BCUT2D eigenvalue weighted by atomic mass is 79.9. The van der Waals surface area contributed by atoms with Gasteiger partial charge >= 0.3 is 0 Å². The van der Waals surface area contributed by atoms with Crippen molar-refractivity contribution in [2.24, 2.45) is 5.92 Å². The van der Waals surface area contributed by atoms with Crippen molar-refractivity contribution in [3.63, 3.8) is 0 Å². The molecule has 3 rings (SSSR count). The third-order valence-electron chi connectivity index (χ3n) is 4.18. The van der Waals surface area contributed by atoms with Crippen molar-refractivity contribution in [2.75, 3.05) is 11.4 Å².